The van der Waals surface area contributed by atoms with Gasteiger partial charge in [-0.1, -0.05) is 15.9 Å². The highest BCUT2D eigenvalue weighted by Crippen LogP contribution is 2.27. The molecule has 0 bridgehead atoms. The minimum atomic E-state index is -0.729. The van der Waals surface area contributed by atoms with Gasteiger partial charge < -0.3 is 14.6 Å². The molecule has 2 heterocycles. The van der Waals surface area contributed by atoms with Crippen LogP contribution in [0.4, 0.5) is 0 Å². The predicted octanol–water partition coefficient (Wildman–Crippen LogP) is 0.0677. The summed E-state index contributed by atoms with van der Waals surface area (Å²) < 4.78 is 11.9. The Morgan fingerprint density at radius 2 is 2.42 bits per heavy atom. The van der Waals surface area contributed by atoms with Gasteiger partial charge >= 0.3 is 5.69 Å². The van der Waals surface area contributed by atoms with Crippen LogP contribution in [0.25, 0.3) is 0 Å². The maximum absolute atomic E-state index is 11.6. The number of aliphatic hydroxyl groups is 1. The smallest absolute Gasteiger partial charge is 0.330 e. The second-order valence-electron chi connectivity index (χ2n) is 4.05. The van der Waals surface area contributed by atoms with Crippen molar-refractivity contribution in [2.45, 2.75) is 24.9 Å². The first-order valence-electron chi connectivity index (χ1n) is 5.63. The number of aromatic nitrogens is 2. The van der Waals surface area contributed by atoms with Gasteiger partial charge in [-0.05, 0) is 0 Å². The van der Waals surface area contributed by atoms with E-state index in [9.17, 15) is 14.7 Å². The minimum absolute atomic E-state index is 0.178. The second-order valence-corrected chi connectivity index (χ2v) is 4.57. The number of nitrogens with zero attached hydrogens (tertiary/aromatic N) is 1. The lowest BCUT2D eigenvalue weighted by Crippen LogP contribution is -2.31. The van der Waals surface area contributed by atoms with Gasteiger partial charge in [-0.2, -0.15) is 0 Å². The Hall–Kier alpha value is -1.38. The van der Waals surface area contributed by atoms with E-state index in [2.05, 4.69) is 20.9 Å². The molecule has 0 amide bonds. The van der Waals surface area contributed by atoms with E-state index in [1.165, 1.54) is 28.1 Å². The van der Waals surface area contributed by atoms with Gasteiger partial charge in [0.25, 0.3) is 5.56 Å². The highest BCUT2D eigenvalue weighted by Gasteiger charge is 2.35. The van der Waals surface area contributed by atoms with Crippen molar-refractivity contribution >= 4 is 15.9 Å². The van der Waals surface area contributed by atoms with Crippen LogP contribution >= 0.6 is 15.9 Å². The SMILES string of the molecule is O=c1ccn([C@H]2CC(O)[C@@H](CO/C=C/Br)O2)c(=O)[nH]1. The Bertz CT molecular complexity index is 567. The van der Waals surface area contributed by atoms with Crippen molar-refractivity contribution in [3.8, 4) is 0 Å². The van der Waals surface area contributed by atoms with E-state index < -0.39 is 29.7 Å². The van der Waals surface area contributed by atoms with Crippen LogP contribution < -0.4 is 11.2 Å². The molecule has 19 heavy (non-hydrogen) atoms. The summed E-state index contributed by atoms with van der Waals surface area (Å²) in [5.41, 5.74) is -1.03. The molecule has 2 N–H and O–H groups in total. The first-order valence-corrected chi connectivity index (χ1v) is 6.55. The average Bonchev–Trinajstić information content (AvgIpc) is 2.71. The summed E-state index contributed by atoms with van der Waals surface area (Å²) in [4.78, 5) is 26.2. The lowest BCUT2D eigenvalue weighted by molar-refractivity contribution is -0.0484. The summed E-state index contributed by atoms with van der Waals surface area (Å²) in [7, 11) is 0. The molecular weight excluding hydrogens is 320 g/mol. The van der Waals surface area contributed by atoms with Gasteiger partial charge in [0.2, 0.25) is 0 Å². The Kier molecular flexibility index (Phi) is 4.56. The molecule has 1 aromatic heterocycles. The van der Waals surface area contributed by atoms with Crippen LogP contribution in [0.1, 0.15) is 12.6 Å². The standard InChI is InChI=1S/C11H13BrN2O5/c12-2-4-18-6-8-7(15)5-10(19-8)14-3-1-9(16)13-11(14)17/h1-4,7-8,10,15H,5-6H2,(H,13,16,17)/b4-2+/t7?,8-,10-/m1/s1. The quantitative estimate of drug-likeness (QED) is 0.761. The molecule has 104 valence electrons. The Balaban J connectivity index is 2.07. The van der Waals surface area contributed by atoms with Gasteiger partial charge in [-0.25, -0.2) is 4.79 Å². The zero-order valence-electron chi connectivity index (χ0n) is 9.86. The van der Waals surface area contributed by atoms with Gasteiger partial charge in [-0.3, -0.25) is 14.3 Å². The Morgan fingerprint density at radius 1 is 1.63 bits per heavy atom. The molecule has 2 rings (SSSR count). The number of ether oxygens (including phenoxy) is 2. The van der Waals surface area contributed by atoms with Crippen LogP contribution in [0.15, 0.2) is 33.1 Å². The van der Waals surface area contributed by atoms with E-state index in [1.54, 1.807) is 0 Å². The summed E-state index contributed by atoms with van der Waals surface area (Å²) in [6.45, 7) is 0.178. The molecule has 0 aliphatic carbocycles. The predicted molar refractivity (Wildman–Crippen MR) is 69.9 cm³/mol. The fourth-order valence-corrected chi connectivity index (χ4v) is 2.03. The van der Waals surface area contributed by atoms with Crippen LogP contribution in [0, 0.1) is 0 Å². The molecule has 7 nitrogen and oxygen atoms in total. The fourth-order valence-electron chi connectivity index (χ4n) is 1.88. The number of aromatic amines is 1. The maximum Gasteiger partial charge on any atom is 0.330 e. The zero-order valence-corrected chi connectivity index (χ0v) is 11.4. The second kappa shape index (κ2) is 6.18. The van der Waals surface area contributed by atoms with E-state index in [0.29, 0.717) is 0 Å². The first-order chi connectivity index (χ1) is 9.11. The summed E-state index contributed by atoms with van der Waals surface area (Å²) in [5, 5.41) is 9.84. The summed E-state index contributed by atoms with van der Waals surface area (Å²) >= 11 is 3.05. The molecular formula is C11H13BrN2O5. The molecule has 1 aliphatic rings. The van der Waals surface area contributed by atoms with E-state index in [4.69, 9.17) is 9.47 Å². The first kappa shape index (κ1) is 14.0. The van der Waals surface area contributed by atoms with E-state index in [1.807, 2.05) is 0 Å². The van der Waals surface area contributed by atoms with E-state index in [-0.39, 0.29) is 13.0 Å². The fraction of sp³-hybridized carbons (Fsp3) is 0.455. The van der Waals surface area contributed by atoms with E-state index in [0.717, 1.165) is 0 Å². The number of halogens is 1. The number of H-pyrrole nitrogens is 1. The highest BCUT2D eigenvalue weighted by molar-refractivity contribution is 9.11. The van der Waals surface area contributed by atoms with Crippen molar-refractivity contribution in [2.24, 2.45) is 0 Å². The molecule has 8 heteroatoms. The lowest BCUT2D eigenvalue weighted by Gasteiger charge is -2.15. The Labute approximate surface area is 116 Å². The maximum atomic E-state index is 11.6. The molecule has 1 aromatic rings. The van der Waals surface area contributed by atoms with Crippen molar-refractivity contribution in [1.29, 1.82) is 0 Å². The van der Waals surface area contributed by atoms with Gasteiger partial charge in [0.1, 0.15) is 18.9 Å². The van der Waals surface area contributed by atoms with Gasteiger partial charge in [0.05, 0.1) is 12.4 Å². The monoisotopic (exact) mass is 332 g/mol. The normalized spacial score (nSPS) is 26.9. The van der Waals surface area contributed by atoms with Crippen LogP contribution in [-0.4, -0.2) is 33.5 Å². The number of hydrogen-bond acceptors (Lipinski definition) is 5. The molecule has 3 atom stereocenters. The van der Waals surface area contributed by atoms with Crippen molar-refractivity contribution in [2.75, 3.05) is 6.61 Å². The van der Waals surface area contributed by atoms with Crippen molar-refractivity contribution in [3.05, 3.63) is 44.3 Å². The molecule has 1 unspecified atom stereocenters. The van der Waals surface area contributed by atoms with Crippen molar-refractivity contribution in [3.63, 3.8) is 0 Å². The van der Waals surface area contributed by atoms with Crippen LogP contribution in [0.2, 0.25) is 0 Å². The summed E-state index contributed by atoms with van der Waals surface area (Å²) in [6.07, 6.45) is 1.18. The number of hydrogen-bond donors (Lipinski definition) is 2. The minimum Gasteiger partial charge on any atom is -0.498 e. The largest absolute Gasteiger partial charge is 0.498 e. The molecule has 0 aromatic carbocycles. The van der Waals surface area contributed by atoms with Crippen molar-refractivity contribution in [1.82, 2.24) is 9.55 Å². The van der Waals surface area contributed by atoms with Gasteiger partial charge in [0, 0.05) is 23.7 Å². The third kappa shape index (κ3) is 3.34. The number of aliphatic hydroxyl groups excluding tert-OH is 1. The molecule has 1 saturated heterocycles. The van der Waals surface area contributed by atoms with Gasteiger partial charge in [-0.15, -0.1) is 0 Å². The molecule has 0 radical (unpaired) electrons. The third-order valence-electron chi connectivity index (χ3n) is 2.77. The zero-order chi connectivity index (χ0) is 13.8. The number of rotatable bonds is 4. The van der Waals surface area contributed by atoms with Crippen LogP contribution in [0.5, 0.6) is 0 Å². The summed E-state index contributed by atoms with van der Waals surface area (Å²) in [5.74, 6) is 0. The third-order valence-corrected chi connectivity index (χ3v) is 2.99. The summed E-state index contributed by atoms with van der Waals surface area (Å²) in [6, 6.07) is 1.23. The molecule has 1 fully saturated rings. The topological polar surface area (TPSA) is 93.6 Å². The average molecular weight is 333 g/mol. The van der Waals surface area contributed by atoms with Crippen LogP contribution in [-0.2, 0) is 9.47 Å². The highest BCUT2D eigenvalue weighted by atomic mass is 79.9. The molecule has 1 aliphatic heterocycles. The Morgan fingerprint density at radius 3 is 3.11 bits per heavy atom. The van der Waals surface area contributed by atoms with E-state index >= 15 is 0 Å². The molecule has 0 spiro atoms. The molecule has 0 saturated carbocycles. The number of nitrogens with one attached hydrogen (secondary N) is 1. The lowest BCUT2D eigenvalue weighted by atomic mass is 10.2. The van der Waals surface area contributed by atoms with Gasteiger partial charge in [0.15, 0.2) is 0 Å². The van der Waals surface area contributed by atoms with Crippen LogP contribution in [0.3, 0.4) is 0 Å². The van der Waals surface area contributed by atoms with Crippen molar-refractivity contribution < 1.29 is 14.6 Å².